The van der Waals surface area contributed by atoms with Gasteiger partial charge in [0.05, 0.1) is 17.4 Å². The van der Waals surface area contributed by atoms with Crippen molar-refractivity contribution in [2.24, 2.45) is 5.92 Å². The smallest absolute Gasteiger partial charge is 0.258 e. The summed E-state index contributed by atoms with van der Waals surface area (Å²) < 4.78 is 5.54. The number of hydrogen-bond donors (Lipinski definition) is 1. The molecule has 0 bridgehead atoms. The van der Waals surface area contributed by atoms with E-state index < -0.39 is 0 Å². The summed E-state index contributed by atoms with van der Waals surface area (Å²) in [6, 6.07) is 1.61. The van der Waals surface area contributed by atoms with Crippen molar-refractivity contribution in [2.75, 3.05) is 6.61 Å². The minimum atomic E-state index is -0.252. The van der Waals surface area contributed by atoms with E-state index in [1.165, 1.54) is 49.3 Å². The molecule has 0 saturated carbocycles. The lowest BCUT2D eigenvalue weighted by Crippen LogP contribution is -2.15. The van der Waals surface area contributed by atoms with Crippen LogP contribution in [0, 0.1) is 5.92 Å². The summed E-state index contributed by atoms with van der Waals surface area (Å²) in [6.07, 6.45) is 15.4. The molecule has 1 unspecified atom stereocenters. The summed E-state index contributed by atoms with van der Waals surface area (Å²) in [7, 11) is 0. The molecule has 0 aliphatic carbocycles. The first-order chi connectivity index (χ1) is 19.5. The van der Waals surface area contributed by atoms with Crippen molar-refractivity contribution in [1.29, 1.82) is 0 Å². The normalized spacial score (nSPS) is 12.7. The molecule has 0 amide bonds. The summed E-state index contributed by atoms with van der Waals surface area (Å²) in [5.74, 6) is 0.551. The Morgan fingerprint density at radius 3 is 2.32 bits per heavy atom. The number of pyridine rings is 1. The molecule has 0 saturated heterocycles. The molecule has 5 nitrogen and oxygen atoms in total. The van der Waals surface area contributed by atoms with Crippen LogP contribution in [0.15, 0.2) is 64.5 Å². The van der Waals surface area contributed by atoms with Crippen LogP contribution in [-0.4, -0.2) is 28.5 Å². The van der Waals surface area contributed by atoms with Crippen LogP contribution in [0.25, 0.3) is 16.1 Å². The summed E-state index contributed by atoms with van der Waals surface area (Å²) in [5.41, 5.74) is 4.85. The lowest BCUT2D eigenvalue weighted by molar-refractivity contribution is 0.0339. The third-order valence-corrected chi connectivity index (χ3v) is 7.08. The minimum Gasteiger partial charge on any atom is -0.378 e. The fourth-order valence-electron chi connectivity index (χ4n) is 3.55. The quantitative estimate of drug-likeness (QED) is 0.145. The predicted octanol–water partition coefficient (Wildman–Crippen LogP) is 10.2. The predicted molar refractivity (Wildman–Crippen MR) is 180 cm³/mol. The molecule has 2 aromatic heterocycles. The van der Waals surface area contributed by atoms with Crippen molar-refractivity contribution < 1.29 is 9.53 Å². The van der Waals surface area contributed by atoms with Crippen LogP contribution in [0.3, 0.4) is 0 Å². The first kappa shape index (κ1) is 38.2. The molecule has 1 N–H and O–H groups in total. The Morgan fingerprint density at radius 2 is 1.80 bits per heavy atom. The van der Waals surface area contributed by atoms with Crippen molar-refractivity contribution >= 4 is 22.7 Å². The third kappa shape index (κ3) is 14.1. The van der Waals surface area contributed by atoms with Crippen LogP contribution in [0.4, 0.5) is 0 Å². The number of ether oxygens (including phenoxy) is 1. The van der Waals surface area contributed by atoms with Crippen LogP contribution in [0.5, 0.6) is 0 Å². The Balaban J connectivity index is 0.00000103. The van der Waals surface area contributed by atoms with E-state index in [2.05, 4.69) is 73.0 Å². The van der Waals surface area contributed by atoms with E-state index in [0.29, 0.717) is 28.2 Å². The second-order valence-electron chi connectivity index (χ2n) is 10.3. The zero-order valence-electron chi connectivity index (χ0n) is 27.2. The van der Waals surface area contributed by atoms with Gasteiger partial charge in [0.25, 0.3) is 5.56 Å². The SMILES string of the molecule is C=C\C=C/C(=C(\C)CCC)C(=C\C)/c1csc(-c2cc(C(C)=O)c[nH]c2=O)n1.CCC.CCCCOC(C)C(C)C. The van der Waals surface area contributed by atoms with E-state index in [9.17, 15) is 9.59 Å². The average molecular weight is 583 g/mol. The maximum absolute atomic E-state index is 12.3. The lowest BCUT2D eigenvalue weighted by Gasteiger charge is -2.15. The van der Waals surface area contributed by atoms with E-state index in [4.69, 9.17) is 9.72 Å². The molecule has 0 fully saturated rings. The Hall–Kier alpha value is -2.83. The van der Waals surface area contributed by atoms with Gasteiger partial charge in [-0.3, -0.25) is 9.59 Å². The number of allylic oxidation sites excluding steroid dienone is 7. The first-order valence-corrected chi connectivity index (χ1v) is 15.9. The monoisotopic (exact) mass is 582 g/mol. The molecular formula is C35H54N2O3S. The van der Waals surface area contributed by atoms with Crippen molar-refractivity contribution in [3.05, 3.63) is 81.3 Å². The van der Waals surface area contributed by atoms with Crippen molar-refractivity contribution in [3.63, 3.8) is 0 Å². The van der Waals surface area contributed by atoms with Gasteiger partial charge in [-0.2, -0.15) is 0 Å². The van der Waals surface area contributed by atoms with E-state index in [0.717, 1.165) is 36.3 Å². The minimum absolute atomic E-state index is 0.0987. The van der Waals surface area contributed by atoms with Gasteiger partial charge in [-0.25, -0.2) is 4.98 Å². The molecule has 0 radical (unpaired) electrons. The van der Waals surface area contributed by atoms with E-state index in [1.807, 2.05) is 24.5 Å². The maximum atomic E-state index is 12.3. The van der Waals surface area contributed by atoms with Crippen molar-refractivity contribution in [2.45, 2.75) is 107 Å². The number of H-pyrrole nitrogens is 1. The standard InChI is InChI=1S/C23H26N2O2S.C9H20O.C3H8/c1-6-9-11-19(15(4)10-7-2)18(8-3)21-14-28-23(25-21)20-12-17(16(5)26)13-24-22(20)27;1-5-6-7-10-9(4)8(2)3;1-3-2/h6,8-9,11-14H,1,7,10H2,2-5H3,(H,24,27);8-9H,5-7H2,1-4H3;3H2,1-2H3/b11-9-,18-8+,19-15-;;. The molecule has 0 spiro atoms. The number of carbonyl (C=O) groups is 1. The fourth-order valence-corrected chi connectivity index (χ4v) is 4.38. The fraction of sp³-hybridized carbons (Fsp3) is 0.514. The van der Waals surface area contributed by atoms with Gasteiger partial charge in [-0.1, -0.05) is 97.3 Å². The maximum Gasteiger partial charge on any atom is 0.258 e. The summed E-state index contributed by atoms with van der Waals surface area (Å²) in [6.45, 7) is 25.4. The number of Topliss-reactive ketones (excluding diaryl/α,β-unsaturated/α-hetero) is 1. The molecule has 1 atom stereocenters. The second-order valence-corrected chi connectivity index (χ2v) is 11.2. The number of nitrogens with zero attached hydrogens (tertiary/aromatic N) is 1. The second kappa shape index (κ2) is 21.9. The number of unbranched alkanes of at least 4 members (excludes halogenated alkanes) is 1. The van der Waals surface area contributed by atoms with Gasteiger partial charge < -0.3 is 9.72 Å². The highest BCUT2D eigenvalue weighted by Gasteiger charge is 2.15. The number of nitrogens with one attached hydrogen (secondary N) is 1. The molecule has 0 aliphatic rings. The number of aromatic nitrogens is 2. The van der Waals surface area contributed by atoms with E-state index >= 15 is 0 Å². The van der Waals surface area contributed by atoms with Crippen LogP contribution >= 0.6 is 11.3 Å². The van der Waals surface area contributed by atoms with Gasteiger partial charge in [0.15, 0.2) is 5.78 Å². The highest BCUT2D eigenvalue weighted by atomic mass is 32.1. The van der Waals surface area contributed by atoms with Crippen LogP contribution in [0.1, 0.15) is 117 Å². The topological polar surface area (TPSA) is 72.0 Å². The Labute approximate surface area is 253 Å². The van der Waals surface area contributed by atoms with Crippen LogP contribution in [0.2, 0.25) is 0 Å². The molecule has 228 valence electrons. The summed E-state index contributed by atoms with van der Waals surface area (Å²) in [5, 5.41) is 2.55. The summed E-state index contributed by atoms with van der Waals surface area (Å²) >= 11 is 1.40. The van der Waals surface area contributed by atoms with Gasteiger partial charge in [0.2, 0.25) is 0 Å². The van der Waals surface area contributed by atoms with Crippen molar-refractivity contribution in [3.8, 4) is 10.6 Å². The zero-order valence-corrected chi connectivity index (χ0v) is 28.0. The molecule has 2 aromatic rings. The molecule has 2 rings (SSSR count). The van der Waals surface area contributed by atoms with Gasteiger partial charge in [-0.05, 0) is 58.1 Å². The number of rotatable bonds is 13. The summed E-state index contributed by atoms with van der Waals surface area (Å²) in [4.78, 5) is 31.3. The number of carbonyl (C=O) groups excluding carboxylic acids is 1. The molecule has 0 aromatic carbocycles. The van der Waals surface area contributed by atoms with Gasteiger partial charge in [-0.15, -0.1) is 11.3 Å². The first-order valence-electron chi connectivity index (χ1n) is 15.0. The molecule has 2 heterocycles. The molecule has 6 heteroatoms. The van der Waals surface area contributed by atoms with E-state index in [1.54, 1.807) is 12.1 Å². The molecule has 0 aliphatic heterocycles. The van der Waals surface area contributed by atoms with Gasteiger partial charge in [0, 0.05) is 29.3 Å². The van der Waals surface area contributed by atoms with Crippen molar-refractivity contribution in [1.82, 2.24) is 9.97 Å². The number of ketones is 1. The van der Waals surface area contributed by atoms with E-state index in [-0.39, 0.29) is 11.3 Å². The highest BCUT2D eigenvalue weighted by molar-refractivity contribution is 7.13. The zero-order chi connectivity index (χ0) is 31.4. The number of hydrogen-bond acceptors (Lipinski definition) is 5. The number of aromatic amines is 1. The highest BCUT2D eigenvalue weighted by Crippen LogP contribution is 2.32. The Kier molecular flexibility index (Phi) is 20.3. The van der Waals surface area contributed by atoms with Crippen LogP contribution in [-0.2, 0) is 4.74 Å². The Bertz CT molecular complexity index is 1200. The van der Waals surface area contributed by atoms with Gasteiger partial charge in [0.1, 0.15) is 5.01 Å². The van der Waals surface area contributed by atoms with Crippen LogP contribution < -0.4 is 5.56 Å². The van der Waals surface area contributed by atoms with Gasteiger partial charge >= 0.3 is 0 Å². The molecular weight excluding hydrogens is 528 g/mol. The Morgan fingerprint density at radius 1 is 1.15 bits per heavy atom. The molecule has 41 heavy (non-hydrogen) atoms. The third-order valence-electron chi connectivity index (χ3n) is 6.20. The number of thiazole rings is 1. The largest absolute Gasteiger partial charge is 0.378 e. The lowest BCUT2D eigenvalue weighted by atomic mass is 9.95. The average Bonchev–Trinajstić information content (AvgIpc) is 3.41.